The lowest BCUT2D eigenvalue weighted by Gasteiger charge is -1.91. The average molecular weight is 210 g/mol. The SMILES string of the molecule is C=C/C=C\c1cc2cc(/C=C/C)ccc2o1. The van der Waals surface area contributed by atoms with Crippen LogP contribution >= 0.6 is 0 Å². The fourth-order valence-electron chi connectivity index (χ4n) is 1.62. The van der Waals surface area contributed by atoms with Crippen LogP contribution in [0, 0.1) is 0 Å². The maximum Gasteiger partial charge on any atom is 0.134 e. The molecule has 16 heavy (non-hydrogen) atoms. The molecule has 0 saturated heterocycles. The number of hydrogen-bond donors (Lipinski definition) is 0. The lowest BCUT2D eigenvalue weighted by molar-refractivity contribution is 0.604. The van der Waals surface area contributed by atoms with Gasteiger partial charge in [-0.2, -0.15) is 0 Å². The van der Waals surface area contributed by atoms with Gasteiger partial charge < -0.3 is 4.42 Å². The van der Waals surface area contributed by atoms with Gasteiger partial charge >= 0.3 is 0 Å². The van der Waals surface area contributed by atoms with Gasteiger partial charge in [0.15, 0.2) is 0 Å². The molecule has 0 radical (unpaired) electrons. The van der Waals surface area contributed by atoms with Gasteiger partial charge in [-0.15, -0.1) is 0 Å². The predicted octanol–water partition coefficient (Wildman–Crippen LogP) is 4.67. The molecule has 1 aromatic heterocycles. The second-order valence-electron chi connectivity index (χ2n) is 3.54. The second kappa shape index (κ2) is 4.67. The molecular formula is C15H14O. The van der Waals surface area contributed by atoms with Crippen LogP contribution in [0.4, 0.5) is 0 Å². The molecule has 0 N–H and O–H groups in total. The van der Waals surface area contributed by atoms with Gasteiger partial charge in [0.25, 0.3) is 0 Å². The first-order valence-corrected chi connectivity index (χ1v) is 5.29. The smallest absolute Gasteiger partial charge is 0.134 e. The first-order chi connectivity index (χ1) is 7.83. The van der Waals surface area contributed by atoms with E-state index in [0.29, 0.717) is 0 Å². The van der Waals surface area contributed by atoms with Gasteiger partial charge in [-0.3, -0.25) is 0 Å². The zero-order chi connectivity index (χ0) is 11.4. The van der Waals surface area contributed by atoms with E-state index >= 15 is 0 Å². The van der Waals surface area contributed by atoms with E-state index in [1.54, 1.807) is 6.08 Å². The quantitative estimate of drug-likeness (QED) is 0.671. The molecule has 0 bridgehead atoms. The molecule has 2 aromatic rings. The summed E-state index contributed by atoms with van der Waals surface area (Å²) in [5.41, 5.74) is 2.10. The summed E-state index contributed by atoms with van der Waals surface area (Å²) in [7, 11) is 0. The summed E-state index contributed by atoms with van der Waals surface area (Å²) in [4.78, 5) is 0. The predicted molar refractivity (Wildman–Crippen MR) is 70.2 cm³/mol. The number of benzene rings is 1. The van der Waals surface area contributed by atoms with E-state index in [9.17, 15) is 0 Å². The Hall–Kier alpha value is -2.02. The second-order valence-corrected chi connectivity index (χ2v) is 3.54. The van der Waals surface area contributed by atoms with Crippen LogP contribution in [0.5, 0.6) is 0 Å². The van der Waals surface area contributed by atoms with Crippen molar-refractivity contribution >= 4 is 23.1 Å². The molecule has 2 rings (SSSR count). The summed E-state index contributed by atoms with van der Waals surface area (Å²) in [6, 6.07) is 8.19. The van der Waals surface area contributed by atoms with Gasteiger partial charge in [0.05, 0.1) is 0 Å². The van der Waals surface area contributed by atoms with Crippen LogP contribution in [0.25, 0.3) is 23.1 Å². The van der Waals surface area contributed by atoms with Crippen molar-refractivity contribution in [3.8, 4) is 0 Å². The van der Waals surface area contributed by atoms with Crippen LogP contribution in [0.15, 0.2) is 53.5 Å². The number of allylic oxidation sites excluding steroid dienone is 3. The van der Waals surface area contributed by atoms with Gasteiger partial charge in [0, 0.05) is 5.39 Å². The molecule has 0 atom stereocenters. The van der Waals surface area contributed by atoms with E-state index < -0.39 is 0 Å². The van der Waals surface area contributed by atoms with Gasteiger partial charge in [0.1, 0.15) is 11.3 Å². The van der Waals surface area contributed by atoms with E-state index in [1.165, 1.54) is 5.56 Å². The number of rotatable bonds is 3. The molecule has 0 unspecified atom stereocenters. The Labute approximate surface area is 95.4 Å². The summed E-state index contributed by atoms with van der Waals surface area (Å²) < 4.78 is 5.64. The fourth-order valence-corrected chi connectivity index (χ4v) is 1.62. The summed E-state index contributed by atoms with van der Waals surface area (Å²) in [6.07, 6.45) is 9.61. The Morgan fingerprint density at radius 1 is 1.19 bits per heavy atom. The van der Waals surface area contributed by atoms with E-state index in [1.807, 2.05) is 43.4 Å². The van der Waals surface area contributed by atoms with Crippen molar-refractivity contribution in [1.82, 2.24) is 0 Å². The molecule has 1 nitrogen and oxygen atoms in total. The zero-order valence-corrected chi connectivity index (χ0v) is 9.31. The minimum Gasteiger partial charge on any atom is -0.457 e. The van der Waals surface area contributed by atoms with Gasteiger partial charge in [-0.05, 0) is 36.8 Å². The monoisotopic (exact) mass is 210 g/mol. The Kier molecular flexibility index (Phi) is 3.06. The minimum atomic E-state index is 0.854. The molecule has 0 fully saturated rings. The Morgan fingerprint density at radius 2 is 2.06 bits per heavy atom. The summed E-state index contributed by atoms with van der Waals surface area (Å²) >= 11 is 0. The van der Waals surface area contributed by atoms with E-state index in [2.05, 4.69) is 18.7 Å². The molecule has 0 aliphatic heterocycles. The maximum atomic E-state index is 5.64. The Bertz CT molecular complexity index is 556. The number of furan rings is 1. The molecule has 1 aromatic carbocycles. The molecular weight excluding hydrogens is 196 g/mol. The van der Waals surface area contributed by atoms with Crippen molar-refractivity contribution in [2.75, 3.05) is 0 Å². The van der Waals surface area contributed by atoms with E-state index in [-0.39, 0.29) is 0 Å². The summed E-state index contributed by atoms with van der Waals surface area (Å²) in [5, 5.41) is 1.12. The number of hydrogen-bond acceptors (Lipinski definition) is 1. The van der Waals surface area contributed by atoms with Crippen molar-refractivity contribution in [1.29, 1.82) is 0 Å². The lowest BCUT2D eigenvalue weighted by Crippen LogP contribution is -1.69. The average Bonchev–Trinajstić information content (AvgIpc) is 2.68. The Morgan fingerprint density at radius 3 is 2.81 bits per heavy atom. The van der Waals surface area contributed by atoms with Crippen molar-refractivity contribution in [3.63, 3.8) is 0 Å². The van der Waals surface area contributed by atoms with E-state index in [4.69, 9.17) is 4.42 Å². The highest BCUT2D eigenvalue weighted by molar-refractivity contribution is 5.82. The normalized spacial score (nSPS) is 11.8. The third-order valence-corrected chi connectivity index (χ3v) is 2.32. The highest BCUT2D eigenvalue weighted by Crippen LogP contribution is 2.22. The molecule has 80 valence electrons. The Balaban J connectivity index is 2.45. The highest BCUT2D eigenvalue weighted by atomic mass is 16.3. The third-order valence-electron chi connectivity index (χ3n) is 2.32. The first kappa shape index (κ1) is 10.5. The first-order valence-electron chi connectivity index (χ1n) is 5.29. The molecule has 0 saturated carbocycles. The van der Waals surface area contributed by atoms with E-state index in [0.717, 1.165) is 16.7 Å². The van der Waals surface area contributed by atoms with Crippen molar-refractivity contribution in [2.45, 2.75) is 6.92 Å². The highest BCUT2D eigenvalue weighted by Gasteiger charge is 2.00. The zero-order valence-electron chi connectivity index (χ0n) is 9.31. The van der Waals surface area contributed by atoms with Crippen molar-refractivity contribution < 1.29 is 4.42 Å². The molecule has 1 heteroatoms. The van der Waals surface area contributed by atoms with Crippen molar-refractivity contribution in [2.24, 2.45) is 0 Å². The van der Waals surface area contributed by atoms with Crippen LogP contribution < -0.4 is 0 Å². The molecule has 1 heterocycles. The molecule has 0 amide bonds. The molecule has 0 spiro atoms. The van der Waals surface area contributed by atoms with Crippen LogP contribution in [0.1, 0.15) is 18.2 Å². The third kappa shape index (κ3) is 2.14. The maximum absolute atomic E-state index is 5.64. The van der Waals surface area contributed by atoms with Crippen LogP contribution in [0.2, 0.25) is 0 Å². The van der Waals surface area contributed by atoms with Gasteiger partial charge in [0.2, 0.25) is 0 Å². The largest absolute Gasteiger partial charge is 0.457 e. The molecule has 0 aliphatic rings. The van der Waals surface area contributed by atoms with Crippen LogP contribution in [0.3, 0.4) is 0 Å². The summed E-state index contributed by atoms with van der Waals surface area (Å²) in [5.74, 6) is 0.854. The van der Waals surface area contributed by atoms with Crippen LogP contribution in [-0.2, 0) is 0 Å². The topological polar surface area (TPSA) is 13.1 Å². The summed E-state index contributed by atoms with van der Waals surface area (Å²) in [6.45, 7) is 5.64. The standard InChI is InChI=1S/C15H14O/c1-3-5-7-14-11-13-10-12(6-4-2)8-9-15(13)16-14/h3-11H,1H2,2H3/b6-4+,7-5-. The molecule has 0 aliphatic carbocycles. The minimum absolute atomic E-state index is 0.854. The van der Waals surface area contributed by atoms with Crippen molar-refractivity contribution in [3.05, 3.63) is 60.4 Å². The van der Waals surface area contributed by atoms with Gasteiger partial charge in [-0.25, -0.2) is 0 Å². The van der Waals surface area contributed by atoms with Crippen LogP contribution in [-0.4, -0.2) is 0 Å². The van der Waals surface area contributed by atoms with Gasteiger partial charge in [-0.1, -0.05) is 36.9 Å². The lowest BCUT2D eigenvalue weighted by atomic mass is 10.1. The fraction of sp³-hybridized carbons (Fsp3) is 0.0667. The number of fused-ring (bicyclic) bond motifs is 1.